The molecule has 0 bridgehead atoms. The molecule has 0 saturated carbocycles. The number of carbonyl (C=O) groups is 2. The number of halogens is 1. The van der Waals surface area contributed by atoms with Crippen LogP contribution in [0.25, 0.3) is 0 Å². The number of hydrogen-bond donors (Lipinski definition) is 1. The van der Waals surface area contributed by atoms with Crippen molar-refractivity contribution in [1.29, 1.82) is 0 Å². The lowest BCUT2D eigenvalue weighted by atomic mass is 10.1. The van der Waals surface area contributed by atoms with Gasteiger partial charge in [0.05, 0.1) is 17.5 Å². The molecule has 11 heteroatoms. The zero-order valence-electron chi connectivity index (χ0n) is 20.2. The van der Waals surface area contributed by atoms with E-state index in [-0.39, 0.29) is 29.2 Å². The number of hydrogen-bond acceptors (Lipinski definition) is 6. The van der Waals surface area contributed by atoms with Crippen LogP contribution in [0.5, 0.6) is 0 Å². The molecule has 2 heterocycles. The van der Waals surface area contributed by atoms with Gasteiger partial charge in [0.25, 0.3) is 5.91 Å². The first kappa shape index (κ1) is 26.7. The van der Waals surface area contributed by atoms with Crippen molar-refractivity contribution < 1.29 is 22.7 Å². The molecule has 0 unspecified atom stereocenters. The average Bonchev–Trinajstić information content (AvgIpc) is 3.24. The fraction of sp³-hybridized carbons (Fsp3) is 0.400. The van der Waals surface area contributed by atoms with E-state index in [0.29, 0.717) is 5.17 Å². The van der Waals surface area contributed by atoms with Crippen LogP contribution in [0.3, 0.4) is 0 Å². The number of thioether (sulfide) groups is 1. The van der Waals surface area contributed by atoms with Crippen LogP contribution >= 0.6 is 27.7 Å². The average molecular weight is 595 g/mol. The van der Waals surface area contributed by atoms with Crippen molar-refractivity contribution in [2.75, 3.05) is 16.4 Å². The number of carbonyl (C=O) groups excluding carboxylic acids is 2. The number of rotatable bonds is 5. The minimum atomic E-state index is -3.18. The van der Waals surface area contributed by atoms with E-state index in [1.54, 1.807) is 20.8 Å². The third-order valence-corrected chi connectivity index (χ3v) is 9.39. The Bertz CT molecular complexity index is 1260. The molecule has 2 amide bonds. The molecule has 2 fully saturated rings. The number of anilines is 1. The van der Waals surface area contributed by atoms with E-state index in [4.69, 9.17) is 4.74 Å². The summed E-state index contributed by atoms with van der Waals surface area (Å²) in [6.45, 7) is 5.25. The van der Waals surface area contributed by atoms with Crippen molar-refractivity contribution in [3.8, 4) is 0 Å². The summed E-state index contributed by atoms with van der Waals surface area (Å²) in [5.74, 6) is -0.499. The number of benzene rings is 2. The van der Waals surface area contributed by atoms with Gasteiger partial charge in [-0.2, -0.15) is 4.99 Å². The van der Waals surface area contributed by atoms with Gasteiger partial charge in [-0.15, -0.1) is 0 Å². The van der Waals surface area contributed by atoms with Crippen molar-refractivity contribution >= 4 is 60.4 Å². The maximum Gasteiger partial charge on any atom is 0.408 e. The Labute approximate surface area is 223 Å². The van der Waals surface area contributed by atoms with Gasteiger partial charge in [-0.25, -0.2) is 13.2 Å². The molecule has 1 N–H and O–H groups in total. The quantitative estimate of drug-likeness (QED) is 0.554. The van der Waals surface area contributed by atoms with Crippen LogP contribution in [0.2, 0.25) is 0 Å². The second-order valence-corrected chi connectivity index (χ2v) is 14.0. The molecule has 2 aliphatic heterocycles. The Hall–Kier alpha value is -2.37. The molecular formula is C25H28BrN3O5S2. The SMILES string of the molecule is CC(C)(C)OC(=O)N[C@@H](Cc1ccccc1)C(=O)N=C1S[C@H]2CS(=O)(=O)C[C@@H]2N1c1ccc(Br)cc1. The lowest BCUT2D eigenvalue weighted by Crippen LogP contribution is -2.45. The van der Waals surface area contributed by atoms with Crippen LogP contribution in [0.4, 0.5) is 10.5 Å². The van der Waals surface area contributed by atoms with Gasteiger partial charge in [-0.3, -0.25) is 4.79 Å². The predicted molar refractivity (Wildman–Crippen MR) is 146 cm³/mol. The van der Waals surface area contributed by atoms with E-state index >= 15 is 0 Å². The van der Waals surface area contributed by atoms with Gasteiger partial charge in [-0.05, 0) is 50.6 Å². The lowest BCUT2D eigenvalue weighted by Gasteiger charge is -2.25. The molecule has 2 aliphatic rings. The Morgan fingerprint density at radius 3 is 2.44 bits per heavy atom. The van der Waals surface area contributed by atoms with Gasteiger partial charge >= 0.3 is 6.09 Å². The maximum absolute atomic E-state index is 13.5. The third-order valence-electron chi connectivity index (χ3n) is 5.65. The van der Waals surface area contributed by atoms with Crippen molar-refractivity contribution in [3.63, 3.8) is 0 Å². The molecule has 0 radical (unpaired) electrons. The molecule has 2 saturated heterocycles. The van der Waals surface area contributed by atoms with Crippen molar-refractivity contribution in [1.82, 2.24) is 5.32 Å². The topological polar surface area (TPSA) is 105 Å². The fourth-order valence-corrected chi connectivity index (χ4v) is 8.32. The predicted octanol–water partition coefficient (Wildman–Crippen LogP) is 4.19. The molecule has 3 atom stereocenters. The summed E-state index contributed by atoms with van der Waals surface area (Å²) >= 11 is 4.71. The summed E-state index contributed by atoms with van der Waals surface area (Å²) in [6, 6.07) is 15.5. The lowest BCUT2D eigenvalue weighted by molar-refractivity contribution is -0.119. The molecular weight excluding hydrogens is 566 g/mol. The molecule has 36 heavy (non-hydrogen) atoms. The highest BCUT2D eigenvalue weighted by Crippen LogP contribution is 2.41. The molecule has 8 nitrogen and oxygen atoms in total. The first-order valence-electron chi connectivity index (χ1n) is 11.5. The summed E-state index contributed by atoms with van der Waals surface area (Å²) in [4.78, 5) is 32.2. The van der Waals surface area contributed by atoms with Gasteiger partial charge in [0.15, 0.2) is 15.0 Å². The zero-order valence-corrected chi connectivity index (χ0v) is 23.4. The van der Waals surface area contributed by atoms with Crippen molar-refractivity contribution in [2.45, 2.75) is 50.1 Å². The monoisotopic (exact) mass is 593 g/mol. The summed E-state index contributed by atoms with van der Waals surface area (Å²) < 4.78 is 30.9. The smallest absolute Gasteiger partial charge is 0.408 e. The van der Waals surface area contributed by atoms with Crippen LogP contribution in [0.15, 0.2) is 64.1 Å². The van der Waals surface area contributed by atoms with E-state index in [1.807, 2.05) is 59.5 Å². The van der Waals surface area contributed by atoms with E-state index in [2.05, 4.69) is 26.2 Å². The van der Waals surface area contributed by atoms with E-state index < -0.39 is 33.5 Å². The molecule has 2 aromatic rings. The normalized spacial score (nSPS) is 22.8. The molecule has 0 aromatic heterocycles. The van der Waals surface area contributed by atoms with Crippen LogP contribution in [-0.2, 0) is 25.8 Å². The molecule has 4 rings (SSSR count). The Kier molecular flexibility index (Phi) is 7.82. The number of sulfone groups is 1. The van der Waals surface area contributed by atoms with Crippen LogP contribution in [-0.4, -0.2) is 60.0 Å². The van der Waals surface area contributed by atoms with Gasteiger partial charge < -0.3 is 15.0 Å². The number of alkyl carbamates (subject to hydrolysis) is 1. The minimum Gasteiger partial charge on any atom is -0.444 e. The Morgan fingerprint density at radius 2 is 1.81 bits per heavy atom. The number of nitrogens with zero attached hydrogens (tertiary/aromatic N) is 2. The minimum absolute atomic E-state index is 0.00244. The zero-order chi connectivity index (χ0) is 26.1. The van der Waals surface area contributed by atoms with Gasteiger partial charge in [0.1, 0.15) is 11.6 Å². The number of fused-ring (bicyclic) bond motifs is 1. The molecule has 2 aromatic carbocycles. The third kappa shape index (κ3) is 6.68. The van der Waals surface area contributed by atoms with E-state index in [9.17, 15) is 18.0 Å². The molecule has 0 aliphatic carbocycles. The summed E-state index contributed by atoms with van der Waals surface area (Å²) in [6.07, 6.45) is -0.469. The van der Waals surface area contributed by atoms with Crippen LogP contribution < -0.4 is 10.2 Å². The second kappa shape index (κ2) is 10.5. The van der Waals surface area contributed by atoms with Crippen LogP contribution in [0, 0.1) is 0 Å². The van der Waals surface area contributed by atoms with Gasteiger partial charge in [-0.1, -0.05) is 58.0 Å². The van der Waals surface area contributed by atoms with Crippen molar-refractivity contribution in [3.05, 3.63) is 64.6 Å². The first-order valence-corrected chi connectivity index (χ1v) is 15.0. The number of ether oxygens (including phenoxy) is 1. The number of aliphatic imine (C=N–C) groups is 1. The number of nitrogens with one attached hydrogen (secondary N) is 1. The van der Waals surface area contributed by atoms with Gasteiger partial charge in [0, 0.05) is 21.8 Å². The summed E-state index contributed by atoms with van der Waals surface area (Å²) in [7, 11) is -3.18. The number of amides is 2. The largest absolute Gasteiger partial charge is 0.444 e. The van der Waals surface area contributed by atoms with Gasteiger partial charge in [0.2, 0.25) is 0 Å². The molecule has 192 valence electrons. The first-order chi connectivity index (χ1) is 16.9. The Morgan fingerprint density at radius 1 is 1.14 bits per heavy atom. The highest BCUT2D eigenvalue weighted by Gasteiger charge is 2.49. The maximum atomic E-state index is 13.5. The second-order valence-electron chi connectivity index (χ2n) is 9.77. The fourth-order valence-electron chi connectivity index (χ4n) is 4.14. The van der Waals surface area contributed by atoms with E-state index in [1.165, 1.54) is 11.8 Å². The summed E-state index contributed by atoms with van der Waals surface area (Å²) in [5.41, 5.74) is 0.888. The highest BCUT2D eigenvalue weighted by atomic mass is 79.9. The van der Waals surface area contributed by atoms with Crippen LogP contribution in [0.1, 0.15) is 26.3 Å². The molecule has 0 spiro atoms. The standard InChI is InChI=1S/C25H28BrN3O5S2/c1-25(2,3)34-24(31)27-19(13-16-7-5-4-6-8-16)22(30)28-23-29(18-11-9-17(26)10-12-18)20-14-36(32,33)15-21(20)35-23/h4-12,19-21H,13-15H2,1-3H3,(H,27,31)/t19-,20-,21-/m0/s1. The highest BCUT2D eigenvalue weighted by molar-refractivity contribution is 9.10. The number of amidine groups is 1. The summed E-state index contributed by atoms with van der Waals surface area (Å²) in [5, 5.41) is 2.88. The van der Waals surface area contributed by atoms with E-state index in [0.717, 1.165) is 15.7 Å². The van der Waals surface area contributed by atoms with Crippen molar-refractivity contribution in [2.24, 2.45) is 4.99 Å². The Balaban J connectivity index is 1.64.